The van der Waals surface area contributed by atoms with Crippen LogP contribution in [0.4, 0.5) is 11.4 Å². The highest BCUT2D eigenvalue weighted by Crippen LogP contribution is 2.33. The van der Waals surface area contributed by atoms with E-state index in [0.717, 1.165) is 22.6 Å². The molecule has 0 bridgehead atoms. The van der Waals surface area contributed by atoms with Gasteiger partial charge in [-0.05, 0) is 51.0 Å². The van der Waals surface area contributed by atoms with Crippen molar-refractivity contribution in [3.05, 3.63) is 39.6 Å². The lowest BCUT2D eigenvalue weighted by atomic mass is 10.2. The zero-order valence-electron chi connectivity index (χ0n) is 12.9. The molecule has 1 fully saturated rings. The molecule has 120 valence electrons. The first-order chi connectivity index (χ1) is 10.9. The zero-order valence-corrected chi connectivity index (χ0v) is 14.5. The molecule has 1 aromatic carbocycles. The highest BCUT2D eigenvalue weighted by Gasteiger charge is 2.24. The van der Waals surface area contributed by atoms with E-state index < -0.39 is 10.0 Å². The molecule has 0 saturated heterocycles. The van der Waals surface area contributed by atoms with Gasteiger partial charge in [-0.1, -0.05) is 0 Å². The van der Waals surface area contributed by atoms with Gasteiger partial charge in [0.05, 0.1) is 23.0 Å². The maximum absolute atomic E-state index is 12.7. The van der Waals surface area contributed by atoms with Crippen molar-refractivity contribution < 1.29 is 8.42 Å². The second-order valence-corrected chi connectivity index (χ2v) is 8.79. The summed E-state index contributed by atoms with van der Waals surface area (Å²) in [7, 11) is -3.68. The van der Waals surface area contributed by atoms with E-state index in [1.165, 1.54) is 11.3 Å². The van der Waals surface area contributed by atoms with Gasteiger partial charge in [-0.25, -0.2) is 8.42 Å². The Morgan fingerprint density at radius 3 is 2.52 bits per heavy atom. The fourth-order valence-corrected chi connectivity index (χ4v) is 4.97. The van der Waals surface area contributed by atoms with Gasteiger partial charge in [0.25, 0.3) is 10.0 Å². The molecule has 1 aromatic heterocycles. The van der Waals surface area contributed by atoms with Crippen molar-refractivity contribution in [1.82, 2.24) is 0 Å². The lowest BCUT2D eigenvalue weighted by molar-refractivity contribution is 0.601. The van der Waals surface area contributed by atoms with Crippen LogP contribution in [0.25, 0.3) is 0 Å². The molecule has 0 atom stereocenters. The van der Waals surface area contributed by atoms with E-state index in [-0.39, 0.29) is 0 Å². The van der Waals surface area contributed by atoms with Crippen LogP contribution in [-0.4, -0.2) is 14.5 Å². The Kier molecular flexibility index (Phi) is 4.04. The normalized spacial score (nSPS) is 14.3. The Morgan fingerprint density at radius 1 is 1.22 bits per heavy atom. The summed E-state index contributed by atoms with van der Waals surface area (Å²) in [5.41, 5.74) is 1.54. The maximum Gasteiger partial charge on any atom is 0.263 e. The lowest BCUT2D eigenvalue weighted by Crippen LogP contribution is -2.15. The van der Waals surface area contributed by atoms with Gasteiger partial charge in [0.15, 0.2) is 0 Å². The fourth-order valence-electron chi connectivity index (χ4n) is 2.35. The minimum atomic E-state index is -3.68. The summed E-state index contributed by atoms with van der Waals surface area (Å²) in [4.78, 5) is 1.99. The van der Waals surface area contributed by atoms with E-state index in [1.54, 1.807) is 31.2 Å². The molecule has 1 aliphatic rings. The lowest BCUT2D eigenvalue weighted by Gasteiger charge is -2.14. The summed E-state index contributed by atoms with van der Waals surface area (Å²) < 4.78 is 28.0. The number of benzene rings is 1. The monoisotopic (exact) mass is 347 g/mol. The molecule has 1 heterocycles. The van der Waals surface area contributed by atoms with Crippen LogP contribution < -0.4 is 10.0 Å². The van der Waals surface area contributed by atoms with Gasteiger partial charge in [0.2, 0.25) is 0 Å². The standard InChI is InChI=1S/C16H17N3O2S2/c1-10-7-16(11(2)22-10)23(20,21)19-15-8-12(9-17)3-6-14(15)18-13-4-5-13/h3,6-8,13,18-19H,4-5H2,1-2H3. The van der Waals surface area contributed by atoms with E-state index in [0.29, 0.717) is 27.9 Å². The molecule has 3 rings (SSSR count). The molecule has 0 spiro atoms. The second kappa shape index (κ2) is 5.87. The molecule has 1 aliphatic carbocycles. The minimum Gasteiger partial charge on any atom is -0.381 e. The Morgan fingerprint density at radius 2 is 1.96 bits per heavy atom. The van der Waals surface area contributed by atoms with Crippen LogP contribution in [0.5, 0.6) is 0 Å². The number of sulfonamides is 1. The number of aryl methyl sites for hydroxylation is 2. The smallest absolute Gasteiger partial charge is 0.263 e. The maximum atomic E-state index is 12.7. The van der Waals surface area contributed by atoms with E-state index in [1.807, 2.05) is 13.0 Å². The average Bonchev–Trinajstić information content (AvgIpc) is 3.23. The fraction of sp³-hybridized carbons (Fsp3) is 0.312. The third-order valence-corrected chi connectivity index (χ3v) is 6.20. The summed E-state index contributed by atoms with van der Waals surface area (Å²) >= 11 is 1.45. The first-order valence-electron chi connectivity index (χ1n) is 7.29. The van der Waals surface area contributed by atoms with Crippen molar-refractivity contribution in [1.29, 1.82) is 5.26 Å². The van der Waals surface area contributed by atoms with Gasteiger partial charge >= 0.3 is 0 Å². The number of thiophene rings is 1. The van der Waals surface area contributed by atoms with Crippen molar-refractivity contribution in [2.75, 3.05) is 10.0 Å². The van der Waals surface area contributed by atoms with Gasteiger partial charge < -0.3 is 5.32 Å². The van der Waals surface area contributed by atoms with Gasteiger partial charge in [0.1, 0.15) is 4.90 Å². The zero-order chi connectivity index (χ0) is 16.6. The van der Waals surface area contributed by atoms with Crippen LogP contribution in [0.2, 0.25) is 0 Å². The van der Waals surface area contributed by atoms with Crippen molar-refractivity contribution in [2.45, 2.75) is 37.6 Å². The van der Waals surface area contributed by atoms with Crippen LogP contribution in [0, 0.1) is 25.2 Å². The van der Waals surface area contributed by atoms with Crippen LogP contribution in [0.3, 0.4) is 0 Å². The Balaban J connectivity index is 1.97. The third-order valence-electron chi connectivity index (χ3n) is 3.61. The number of nitriles is 1. The summed E-state index contributed by atoms with van der Waals surface area (Å²) in [6.45, 7) is 3.67. The molecule has 0 radical (unpaired) electrons. The molecular weight excluding hydrogens is 330 g/mol. The van der Waals surface area contributed by atoms with Crippen LogP contribution in [0.15, 0.2) is 29.2 Å². The van der Waals surface area contributed by atoms with Crippen LogP contribution in [-0.2, 0) is 10.0 Å². The van der Waals surface area contributed by atoms with Crippen molar-refractivity contribution in [2.24, 2.45) is 0 Å². The summed E-state index contributed by atoms with van der Waals surface area (Å²) in [6, 6.07) is 9.10. The SMILES string of the molecule is Cc1cc(S(=O)(=O)Nc2cc(C#N)ccc2NC2CC2)c(C)s1. The molecule has 7 heteroatoms. The number of nitrogens with zero attached hydrogens (tertiary/aromatic N) is 1. The number of anilines is 2. The minimum absolute atomic E-state index is 0.291. The predicted octanol–water partition coefficient (Wildman–Crippen LogP) is 3.61. The second-order valence-electron chi connectivity index (χ2n) is 5.67. The molecule has 5 nitrogen and oxygen atoms in total. The van der Waals surface area contributed by atoms with Crippen molar-refractivity contribution in [3.63, 3.8) is 0 Å². The Labute approximate surface area is 140 Å². The molecule has 1 saturated carbocycles. The average molecular weight is 347 g/mol. The summed E-state index contributed by atoms with van der Waals surface area (Å²) in [5.74, 6) is 0. The van der Waals surface area contributed by atoms with E-state index >= 15 is 0 Å². The highest BCUT2D eigenvalue weighted by atomic mass is 32.2. The third kappa shape index (κ3) is 3.49. The molecule has 0 amide bonds. The molecule has 2 N–H and O–H groups in total. The van der Waals surface area contributed by atoms with E-state index in [4.69, 9.17) is 5.26 Å². The Bertz CT molecular complexity index is 891. The highest BCUT2D eigenvalue weighted by molar-refractivity contribution is 7.93. The largest absolute Gasteiger partial charge is 0.381 e. The Hall–Kier alpha value is -2.04. The first kappa shape index (κ1) is 15.8. The molecule has 23 heavy (non-hydrogen) atoms. The van der Waals surface area contributed by atoms with Crippen molar-refractivity contribution in [3.8, 4) is 6.07 Å². The van der Waals surface area contributed by atoms with Gasteiger partial charge in [-0.2, -0.15) is 5.26 Å². The number of rotatable bonds is 5. The number of hydrogen-bond donors (Lipinski definition) is 2. The summed E-state index contributed by atoms with van der Waals surface area (Å²) in [6.07, 6.45) is 2.16. The van der Waals surface area contributed by atoms with Gasteiger partial charge in [0, 0.05) is 15.8 Å². The quantitative estimate of drug-likeness (QED) is 0.865. The molecule has 0 aliphatic heterocycles. The predicted molar refractivity (Wildman–Crippen MR) is 92.4 cm³/mol. The number of hydrogen-bond acceptors (Lipinski definition) is 5. The van der Waals surface area contributed by atoms with Crippen LogP contribution >= 0.6 is 11.3 Å². The van der Waals surface area contributed by atoms with E-state index in [9.17, 15) is 8.42 Å². The number of nitrogens with one attached hydrogen (secondary N) is 2. The molecule has 2 aromatic rings. The van der Waals surface area contributed by atoms with E-state index in [2.05, 4.69) is 10.0 Å². The van der Waals surface area contributed by atoms with Gasteiger partial charge in [-0.15, -0.1) is 11.3 Å². The first-order valence-corrected chi connectivity index (χ1v) is 9.59. The topological polar surface area (TPSA) is 82.0 Å². The van der Waals surface area contributed by atoms with Crippen molar-refractivity contribution >= 4 is 32.7 Å². The summed E-state index contributed by atoms with van der Waals surface area (Å²) in [5, 5.41) is 12.4. The molecule has 0 unspecified atom stereocenters. The molecular formula is C16H17N3O2S2. The van der Waals surface area contributed by atoms with Crippen LogP contribution in [0.1, 0.15) is 28.2 Å². The van der Waals surface area contributed by atoms with Gasteiger partial charge in [-0.3, -0.25) is 4.72 Å².